The molecule has 106 valence electrons. The zero-order valence-corrected chi connectivity index (χ0v) is 11.6. The first-order chi connectivity index (χ1) is 9.12. The Balaban J connectivity index is 2.66. The molecule has 1 atom stereocenters. The first-order valence-corrected chi connectivity index (χ1v) is 6.29. The number of ether oxygens (including phenoxy) is 2. The number of aliphatic hydroxyl groups excluding tert-OH is 1. The van der Waals surface area contributed by atoms with E-state index in [1.54, 1.807) is 25.3 Å². The summed E-state index contributed by atoms with van der Waals surface area (Å²) in [6.07, 6.45) is 0.498. The second-order valence-electron chi connectivity index (χ2n) is 4.18. The van der Waals surface area contributed by atoms with Crippen LogP contribution in [-0.4, -0.2) is 31.8 Å². The maximum atomic E-state index is 11.3. The lowest BCUT2D eigenvalue weighted by Crippen LogP contribution is -2.27. The first-order valence-electron chi connectivity index (χ1n) is 6.29. The van der Waals surface area contributed by atoms with E-state index < -0.39 is 6.10 Å². The molecule has 5 heteroatoms. The van der Waals surface area contributed by atoms with Gasteiger partial charge < -0.3 is 19.9 Å². The average molecular weight is 267 g/mol. The molecule has 0 saturated heterocycles. The third kappa shape index (κ3) is 4.44. The van der Waals surface area contributed by atoms with E-state index in [2.05, 4.69) is 5.32 Å². The van der Waals surface area contributed by atoms with Crippen molar-refractivity contribution in [3.05, 3.63) is 23.8 Å². The number of nitrogens with one attached hydrogen (secondary N) is 1. The molecule has 0 spiro atoms. The summed E-state index contributed by atoms with van der Waals surface area (Å²) in [5.41, 5.74) is 0.675. The van der Waals surface area contributed by atoms with Gasteiger partial charge in [-0.15, -0.1) is 0 Å². The fraction of sp³-hybridized carbons (Fsp3) is 0.500. The molecule has 0 heterocycles. The van der Waals surface area contributed by atoms with Crippen LogP contribution in [0.1, 0.15) is 31.4 Å². The minimum atomic E-state index is -0.763. The Morgan fingerprint density at radius 2 is 2.00 bits per heavy atom. The molecule has 1 rings (SSSR count). The number of amides is 1. The van der Waals surface area contributed by atoms with E-state index in [-0.39, 0.29) is 12.5 Å². The number of hydrogen-bond donors (Lipinski definition) is 2. The highest BCUT2D eigenvalue weighted by molar-refractivity contribution is 5.75. The van der Waals surface area contributed by atoms with E-state index in [0.29, 0.717) is 23.5 Å². The van der Waals surface area contributed by atoms with E-state index >= 15 is 0 Å². The van der Waals surface area contributed by atoms with Crippen molar-refractivity contribution in [1.29, 1.82) is 0 Å². The molecule has 0 aliphatic carbocycles. The number of aliphatic hydroxyl groups is 1. The second-order valence-corrected chi connectivity index (χ2v) is 4.18. The molecule has 0 saturated carbocycles. The molecule has 1 aromatic carbocycles. The van der Waals surface area contributed by atoms with Crippen LogP contribution in [0.15, 0.2) is 18.2 Å². The van der Waals surface area contributed by atoms with Crippen molar-refractivity contribution >= 4 is 5.91 Å². The summed E-state index contributed by atoms with van der Waals surface area (Å²) in [6.45, 7) is 2.12. The van der Waals surface area contributed by atoms with Gasteiger partial charge in [-0.2, -0.15) is 0 Å². The van der Waals surface area contributed by atoms with Crippen molar-refractivity contribution in [3.8, 4) is 11.5 Å². The van der Waals surface area contributed by atoms with Gasteiger partial charge in [0.15, 0.2) is 11.5 Å². The Bertz CT molecular complexity index is 420. The normalized spacial score (nSPS) is 11.8. The van der Waals surface area contributed by atoms with Gasteiger partial charge in [0.1, 0.15) is 0 Å². The van der Waals surface area contributed by atoms with Crippen molar-refractivity contribution in [1.82, 2.24) is 5.32 Å². The highest BCUT2D eigenvalue weighted by atomic mass is 16.5. The molecule has 0 unspecified atom stereocenters. The standard InChI is InChI=1S/C14H21NO4/c1-4-5-14(17)15-9-11(16)10-6-7-12(18-2)13(8-10)19-3/h6-8,11,16H,4-5,9H2,1-3H3,(H,15,17)/t11-/m0/s1. The van der Waals surface area contributed by atoms with Gasteiger partial charge in [-0.25, -0.2) is 0 Å². The number of carbonyl (C=O) groups excluding carboxylic acids is 1. The Morgan fingerprint density at radius 3 is 2.58 bits per heavy atom. The maximum absolute atomic E-state index is 11.3. The van der Waals surface area contributed by atoms with Gasteiger partial charge >= 0.3 is 0 Å². The molecule has 2 N–H and O–H groups in total. The Kier molecular flexibility index (Phi) is 6.15. The highest BCUT2D eigenvalue weighted by Crippen LogP contribution is 2.29. The predicted molar refractivity (Wildman–Crippen MR) is 72.4 cm³/mol. The van der Waals surface area contributed by atoms with Crippen LogP contribution in [0.4, 0.5) is 0 Å². The van der Waals surface area contributed by atoms with Crippen LogP contribution in [0.2, 0.25) is 0 Å². The first kappa shape index (κ1) is 15.3. The second kappa shape index (κ2) is 7.63. The van der Waals surface area contributed by atoms with Gasteiger partial charge in [-0.1, -0.05) is 13.0 Å². The van der Waals surface area contributed by atoms with Crippen molar-refractivity contribution in [3.63, 3.8) is 0 Å². The SMILES string of the molecule is CCCC(=O)NC[C@H](O)c1ccc(OC)c(OC)c1. The van der Waals surface area contributed by atoms with Gasteiger partial charge in [-0.3, -0.25) is 4.79 Å². The zero-order valence-electron chi connectivity index (χ0n) is 11.6. The monoisotopic (exact) mass is 267 g/mol. The van der Waals surface area contributed by atoms with E-state index in [9.17, 15) is 9.90 Å². The summed E-state index contributed by atoms with van der Waals surface area (Å²) >= 11 is 0. The number of methoxy groups -OCH3 is 2. The summed E-state index contributed by atoms with van der Waals surface area (Å²) in [5, 5.41) is 12.7. The number of rotatable bonds is 7. The van der Waals surface area contributed by atoms with Gasteiger partial charge in [0.25, 0.3) is 0 Å². The summed E-state index contributed by atoms with van der Waals surface area (Å²) in [5.74, 6) is 1.11. The lowest BCUT2D eigenvalue weighted by Gasteiger charge is -2.14. The maximum Gasteiger partial charge on any atom is 0.220 e. The molecular weight excluding hydrogens is 246 g/mol. The van der Waals surface area contributed by atoms with Crippen molar-refractivity contribution in [2.45, 2.75) is 25.9 Å². The third-order valence-electron chi connectivity index (χ3n) is 2.76. The van der Waals surface area contributed by atoms with Crippen molar-refractivity contribution < 1.29 is 19.4 Å². The number of benzene rings is 1. The van der Waals surface area contributed by atoms with Crippen LogP contribution in [0.5, 0.6) is 11.5 Å². The van der Waals surface area contributed by atoms with Crippen LogP contribution in [0.25, 0.3) is 0 Å². The van der Waals surface area contributed by atoms with Crippen LogP contribution < -0.4 is 14.8 Å². The molecular formula is C14H21NO4. The summed E-state index contributed by atoms with van der Waals surface area (Å²) in [4.78, 5) is 11.3. The van der Waals surface area contributed by atoms with Crippen LogP contribution in [0, 0.1) is 0 Å². The van der Waals surface area contributed by atoms with Gasteiger partial charge in [-0.05, 0) is 24.1 Å². The summed E-state index contributed by atoms with van der Waals surface area (Å²) in [7, 11) is 3.09. The van der Waals surface area contributed by atoms with Crippen molar-refractivity contribution in [2.24, 2.45) is 0 Å². The Hall–Kier alpha value is -1.75. The van der Waals surface area contributed by atoms with Gasteiger partial charge in [0.2, 0.25) is 5.91 Å². The number of hydrogen-bond acceptors (Lipinski definition) is 4. The molecule has 0 fully saturated rings. The molecule has 0 aromatic heterocycles. The average Bonchev–Trinajstić information content (AvgIpc) is 2.44. The molecule has 0 aliphatic heterocycles. The fourth-order valence-corrected chi connectivity index (χ4v) is 1.70. The largest absolute Gasteiger partial charge is 0.493 e. The number of carbonyl (C=O) groups is 1. The quantitative estimate of drug-likeness (QED) is 0.788. The van der Waals surface area contributed by atoms with E-state index in [1.807, 2.05) is 6.92 Å². The molecule has 1 aromatic rings. The molecule has 0 radical (unpaired) electrons. The minimum absolute atomic E-state index is 0.0537. The molecule has 0 bridgehead atoms. The lowest BCUT2D eigenvalue weighted by atomic mass is 10.1. The van der Waals surface area contributed by atoms with Gasteiger partial charge in [0, 0.05) is 13.0 Å². The van der Waals surface area contributed by atoms with E-state index in [0.717, 1.165) is 6.42 Å². The van der Waals surface area contributed by atoms with Crippen LogP contribution >= 0.6 is 0 Å². The molecule has 5 nitrogen and oxygen atoms in total. The van der Waals surface area contributed by atoms with Crippen LogP contribution in [0.3, 0.4) is 0 Å². The van der Waals surface area contributed by atoms with E-state index in [1.165, 1.54) is 7.11 Å². The summed E-state index contributed by atoms with van der Waals surface area (Å²) < 4.78 is 10.3. The highest BCUT2D eigenvalue weighted by Gasteiger charge is 2.12. The van der Waals surface area contributed by atoms with Crippen LogP contribution in [-0.2, 0) is 4.79 Å². The Labute approximate surface area is 113 Å². The minimum Gasteiger partial charge on any atom is -0.493 e. The Morgan fingerprint density at radius 1 is 1.32 bits per heavy atom. The smallest absolute Gasteiger partial charge is 0.220 e. The van der Waals surface area contributed by atoms with Crippen molar-refractivity contribution in [2.75, 3.05) is 20.8 Å². The molecule has 1 amide bonds. The zero-order chi connectivity index (χ0) is 14.3. The summed E-state index contributed by atoms with van der Waals surface area (Å²) in [6, 6.07) is 5.18. The fourth-order valence-electron chi connectivity index (χ4n) is 1.70. The topological polar surface area (TPSA) is 67.8 Å². The predicted octanol–water partition coefficient (Wildman–Crippen LogP) is 1.65. The van der Waals surface area contributed by atoms with E-state index in [4.69, 9.17) is 9.47 Å². The van der Waals surface area contributed by atoms with Gasteiger partial charge in [0.05, 0.1) is 20.3 Å². The molecule has 19 heavy (non-hydrogen) atoms. The molecule has 0 aliphatic rings. The lowest BCUT2D eigenvalue weighted by molar-refractivity contribution is -0.121. The third-order valence-corrected chi connectivity index (χ3v) is 2.76.